The van der Waals surface area contributed by atoms with Crippen molar-refractivity contribution in [2.75, 3.05) is 25.1 Å². The Hall–Kier alpha value is -2.04. The molecule has 2 rings (SSSR count). The second-order valence-corrected chi connectivity index (χ2v) is 4.45. The maximum Gasteiger partial charge on any atom is 0.227 e. The lowest BCUT2D eigenvalue weighted by molar-refractivity contribution is -0.125. The summed E-state index contributed by atoms with van der Waals surface area (Å²) in [5, 5.41) is 2.59. The number of nitrogens with zero attached hydrogens (tertiary/aromatic N) is 1. The van der Waals surface area contributed by atoms with Crippen LogP contribution in [0.2, 0.25) is 0 Å². The van der Waals surface area contributed by atoms with E-state index in [-0.39, 0.29) is 24.2 Å². The summed E-state index contributed by atoms with van der Waals surface area (Å²) in [7, 11) is 1.59. The Kier molecular flexibility index (Phi) is 4.04. The highest BCUT2D eigenvalue weighted by Crippen LogP contribution is 2.26. The zero-order valence-electron chi connectivity index (χ0n) is 11.2. The maximum absolute atomic E-state index is 11.9. The van der Waals surface area contributed by atoms with E-state index < -0.39 is 0 Å². The van der Waals surface area contributed by atoms with Crippen molar-refractivity contribution in [2.24, 2.45) is 5.92 Å². The van der Waals surface area contributed by atoms with E-state index in [1.807, 2.05) is 31.2 Å². The van der Waals surface area contributed by atoms with Gasteiger partial charge in [-0.1, -0.05) is 0 Å². The number of nitrogens with one attached hydrogen (secondary N) is 1. The van der Waals surface area contributed by atoms with Gasteiger partial charge in [0.05, 0.1) is 12.5 Å². The molecule has 5 nitrogen and oxygen atoms in total. The van der Waals surface area contributed by atoms with Gasteiger partial charge in [-0.25, -0.2) is 0 Å². The van der Waals surface area contributed by atoms with Gasteiger partial charge in [-0.2, -0.15) is 0 Å². The van der Waals surface area contributed by atoms with Gasteiger partial charge in [0.25, 0.3) is 0 Å². The molecule has 0 aromatic heterocycles. The van der Waals surface area contributed by atoms with Crippen molar-refractivity contribution in [3.8, 4) is 5.75 Å². The van der Waals surface area contributed by atoms with Crippen molar-refractivity contribution in [3.63, 3.8) is 0 Å². The lowest BCUT2D eigenvalue weighted by Gasteiger charge is -2.17. The van der Waals surface area contributed by atoms with Crippen molar-refractivity contribution < 1.29 is 14.3 Å². The summed E-state index contributed by atoms with van der Waals surface area (Å²) >= 11 is 0. The number of ether oxygens (including phenoxy) is 1. The number of anilines is 1. The predicted octanol–water partition coefficient (Wildman–Crippen LogP) is 1.18. The smallest absolute Gasteiger partial charge is 0.227 e. The molecule has 0 saturated carbocycles. The SMILES string of the molecule is CCOc1ccc(N2CC(C(=O)NC)CC2=O)cc1. The number of hydrogen-bond donors (Lipinski definition) is 1. The first-order valence-corrected chi connectivity index (χ1v) is 6.40. The molecule has 1 aromatic carbocycles. The van der Waals surface area contributed by atoms with Crippen LogP contribution in [0.3, 0.4) is 0 Å². The molecule has 1 saturated heterocycles. The third kappa shape index (κ3) is 2.86. The molecule has 1 atom stereocenters. The molecule has 1 fully saturated rings. The van der Waals surface area contributed by atoms with Crippen molar-refractivity contribution >= 4 is 17.5 Å². The number of rotatable bonds is 4. The van der Waals surface area contributed by atoms with Crippen LogP contribution in [-0.2, 0) is 9.59 Å². The Morgan fingerprint density at radius 2 is 2.11 bits per heavy atom. The molecule has 1 N–H and O–H groups in total. The van der Waals surface area contributed by atoms with Crippen LogP contribution in [0.1, 0.15) is 13.3 Å². The molecular weight excluding hydrogens is 244 g/mol. The first-order chi connectivity index (χ1) is 9.15. The molecular formula is C14H18N2O3. The minimum atomic E-state index is -0.260. The molecule has 0 spiro atoms. The van der Waals surface area contributed by atoms with Crippen LogP contribution in [0.4, 0.5) is 5.69 Å². The number of hydrogen-bond acceptors (Lipinski definition) is 3. The normalized spacial score (nSPS) is 18.5. The van der Waals surface area contributed by atoms with E-state index in [0.29, 0.717) is 13.2 Å². The third-order valence-corrected chi connectivity index (χ3v) is 3.20. The molecule has 2 amide bonds. The molecule has 1 aliphatic rings. The van der Waals surface area contributed by atoms with Gasteiger partial charge in [-0.05, 0) is 31.2 Å². The highest BCUT2D eigenvalue weighted by Gasteiger charge is 2.34. The Morgan fingerprint density at radius 1 is 1.42 bits per heavy atom. The van der Waals surface area contributed by atoms with E-state index in [0.717, 1.165) is 11.4 Å². The number of amides is 2. The minimum Gasteiger partial charge on any atom is -0.494 e. The first kappa shape index (κ1) is 13.4. The topological polar surface area (TPSA) is 58.6 Å². The lowest BCUT2D eigenvalue weighted by Crippen LogP contribution is -2.30. The van der Waals surface area contributed by atoms with Crippen LogP contribution in [0, 0.1) is 5.92 Å². The molecule has 1 heterocycles. The number of benzene rings is 1. The zero-order chi connectivity index (χ0) is 13.8. The van der Waals surface area contributed by atoms with Crippen LogP contribution in [0.5, 0.6) is 5.75 Å². The van der Waals surface area contributed by atoms with E-state index in [4.69, 9.17) is 4.74 Å². The van der Waals surface area contributed by atoms with Gasteiger partial charge in [-0.15, -0.1) is 0 Å². The highest BCUT2D eigenvalue weighted by atomic mass is 16.5. The zero-order valence-corrected chi connectivity index (χ0v) is 11.2. The van der Waals surface area contributed by atoms with Crippen LogP contribution < -0.4 is 15.0 Å². The van der Waals surface area contributed by atoms with Crippen LogP contribution in [-0.4, -0.2) is 32.0 Å². The van der Waals surface area contributed by atoms with E-state index in [1.54, 1.807) is 11.9 Å². The second-order valence-electron chi connectivity index (χ2n) is 4.45. The number of carbonyl (C=O) groups is 2. The lowest BCUT2D eigenvalue weighted by atomic mass is 10.1. The van der Waals surface area contributed by atoms with Crippen molar-refractivity contribution in [3.05, 3.63) is 24.3 Å². The summed E-state index contributed by atoms with van der Waals surface area (Å²) in [5.41, 5.74) is 0.805. The molecule has 1 unspecified atom stereocenters. The summed E-state index contributed by atoms with van der Waals surface area (Å²) in [6, 6.07) is 7.35. The van der Waals surface area contributed by atoms with Crippen LogP contribution in [0.15, 0.2) is 24.3 Å². The van der Waals surface area contributed by atoms with Crippen molar-refractivity contribution in [2.45, 2.75) is 13.3 Å². The minimum absolute atomic E-state index is 0.0160. The monoisotopic (exact) mass is 262 g/mol. The predicted molar refractivity (Wildman–Crippen MR) is 72.1 cm³/mol. The van der Waals surface area contributed by atoms with Gasteiger partial charge in [0.2, 0.25) is 11.8 Å². The maximum atomic E-state index is 11.9. The Bertz CT molecular complexity index is 470. The standard InChI is InChI=1S/C14H18N2O3/c1-3-19-12-6-4-11(5-7-12)16-9-10(8-13(16)17)14(18)15-2/h4-7,10H,3,8-9H2,1-2H3,(H,15,18). The Balaban J connectivity index is 2.09. The number of carbonyl (C=O) groups excluding carboxylic acids is 2. The Morgan fingerprint density at radius 3 is 2.68 bits per heavy atom. The average Bonchev–Trinajstić information content (AvgIpc) is 2.81. The van der Waals surface area contributed by atoms with Crippen molar-refractivity contribution in [1.29, 1.82) is 0 Å². The Labute approximate surface area is 112 Å². The van der Waals surface area contributed by atoms with Gasteiger partial charge in [0, 0.05) is 25.7 Å². The van der Waals surface area contributed by atoms with Gasteiger partial charge in [-0.3, -0.25) is 9.59 Å². The largest absolute Gasteiger partial charge is 0.494 e. The summed E-state index contributed by atoms with van der Waals surface area (Å²) in [4.78, 5) is 25.1. The summed E-state index contributed by atoms with van der Waals surface area (Å²) < 4.78 is 5.36. The fourth-order valence-corrected chi connectivity index (χ4v) is 2.23. The van der Waals surface area contributed by atoms with Gasteiger partial charge in [0.1, 0.15) is 5.75 Å². The second kappa shape index (κ2) is 5.73. The van der Waals surface area contributed by atoms with E-state index in [1.165, 1.54) is 0 Å². The fourth-order valence-electron chi connectivity index (χ4n) is 2.23. The van der Waals surface area contributed by atoms with Crippen LogP contribution >= 0.6 is 0 Å². The molecule has 5 heteroatoms. The molecule has 1 aromatic rings. The molecule has 1 aliphatic heterocycles. The van der Waals surface area contributed by atoms with Crippen LogP contribution in [0.25, 0.3) is 0 Å². The van der Waals surface area contributed by atoms with E-state index in [2.05, 4.69) is 5.32 Å². The summed E-state index contributed by atoms with van der Waals surface area (Å²) in [5.74, 6) is 0.421. The molecule has 0 bridgehead atoms. The van der Waals surface area contributed by atoms with Gasteiger partial charge in [0.15, 0.2) is 0 Å². The molecule has 0 radical (unpaired) electrons. The average molecular weight is 262 g/mol. The van der Waals surface area contributed by atoms with Crippen molar-refractivity contribution in [1.82, 2.24) is 5.32 Å². The van der Waals surface area contributed by atoms with Gasteiger partial charge >= 0.3 is 0 Å². The summed E-state index contributed by atoms with van der Waals surface area (Å²) in [6.45, 7) is 2.97. The molecule has 19 heavy (non-hydrogen) atoms. The highest BCUT2D eigenvalue weighted by molar-refractivity contribution is 6.00. The third-order valence-electron chi connectivity index (χ3n) is 3.20. The van der Waals surface area contributed by atoms with Gasteiger partial charge < -0.3 is 15.0 Å². The first-order valence-electron chi connectivity index (χ1n) is 6.40. The summed E-state index contributed by atoms with van der Waals surface area (Å²) in [6.07, 6.45) is 0.271. The van der Waals surface area contributed by atoms with E-state index >= 15 is 0 Å². The fraction of sp³-hybridized carbons (Fsp3) is 0.429. The quantitative estimate of drug-likeness (QED) is 0.886. The molecule has 102 valence electrons. The van der Waals surface area contributed by atoms with E-state index in [9.17, 15) is 9.59 Å². The molecule has 0 aliphatic carbocycles.